The van der Waals surface area contributed by atoms with Crippen LogP contribution in [0.3, 0.4) is 0 Å². The van der Waals surface area contributed by atoms with Gasteiger partial charge in [-0.15, -0.1) is 0 Å². The Kier molecular flexibility index (Phi) is 8.27. The van der Waals surface area contributed by atoms with Gasteiger partial charge >= 0.3 is 6.09 Å². The molecule has 0 radical (unpaired) electrons. The number of amides is 2. The fourth-order valence-corrected chi connectivity index (χ4v) is 6.17. The average molecular weight is 666 g/mol. The topological polar surface area (TPSA) is 124 Å². The van der Waals surface area contributed by atoms with Crippen molar-refractivity contribution in [2.75, 3.05) is 13.1 Å². The highest BCUT2D eigenvalue weighted by molar-refractivity contribution is 5.95. The van der Waals surface area contributed by atoms with Gasteiger partial charge in [-0.05, 0) is 68.3 Å². The quantitative estimate of drug-likeness (QED) is 0.215. The molecule has 4 heterocycles. The van der Waals surface area contributed by atoms with Gasteiger partial charge in [0, 0.05) is 48.9 Å². The molecule has 1 unspecified atom stereocenters. The summed E-state index contributed by atoms with van der Waals surface area (Å²) >= 11 is 0. The number of piperidine rings is 1. The molecule has 3 atom stereocenters. The Bertz CT molecular complexity index is 1990. The smallest absolute Gasteiger partial charge is 0.408 e. The van der Waals surface area contributed by atoms with Crippen LogP contribution in [-0.4, -0.2) is 60.8 Å². The Balaban J connectivity index is 1.06. The Labute approximate surface area is 280 Å². The Morgan fingerprint density at radius 3 is 2.35 bits per heavy atom. The first kappa shape index (κ1) is 31.9. The van der Waals surface area contributed by atoms with Crippen molar-refractivity contribution in [1.82, 2.24) is 34.9 Å². The van der Waals surface area contributed by atoms with Gasteiger partial charge in [0.05, 0.1) is 16.9 Å². The van der Waals surface area contributed by atoms with Gasteiger partial charge in [-0.3, -0.25) is 4.79 Å². The van der Waals surface area contributed by atoms with Crippen LogP contribution in [0.5, 0.6) is 5.88 Å². The average Bonchev–Trinajstić information content (AvgIpc) is 3.38. The Morgan fingerprint density at radius 2 is 1.65 bits per heavy atom. The highest BCUT2D eigenvalue weighted by Crippen LogP contribution is 2.48. The molecule has 1 aliphatic heterocycles. The summed E-state index contributed by atoms with van der Waals surface area (Å²) in [6, 6.07) is 20.5. The summed E-state index contributed by atoms with van der Waals surface area (Å²) in [5, 5.41) is 7.09. The second-order valence-corrected chi connectivity index (χ2v) is 12.7. The molecule has 2 fully saturated rings. The number of carbonyl (C=O) groups is 2. The molecule has 3 aromatic heterocycles. The van der Waals surface area contributed by atoms with E-state index < -0.39 is 23.5 Å². The van der Waals surface area contributed by atoms with E-state index in [9.17, 15) is 14.0 Å². The molecule has 1 aliphatic carbocycles. The third-order valence-electron chi connectivity index (χ3n) is 8.91. The number of hydrogen-bond donors (Lipinski definition) is 1. The summed E-state index contributed by atoms with van der Waals surface area (Å²) in [5.41, 5.74) is 2.00. The summed E-state index contributed by atoms with van der Waals surface area (Å²) < 4.78 is 41.9. The van der Waals surface area contributed by atoms with Crippen molar-refractivity contribution in [1.29, 1.82) is 0 Å². The van der Waals surface area contributed by atoms with E-state index >= 15 is 4.39 Å². The van der Waals surface area contributed by atoms with Gasteiger partial charge < -0.3 is 19.7 Å². The minimum atomic E-state index is -0.899. The Morgan fingerprint density at radius 1 is 0.959 bits per heavy atom. The number of fused-ring (bicyclic) bond motifs is 1. The monoisotopic (exact) mass is 665 g/mol. The molecule has 1 N–H and O–H groups in total. The number of likely N-dealkylation sites (tertiary alicyclic amines) is 1. The van der Waals surface area contributed by atoms with Crippen molar-refractivity contribution in [2.24, 2.45) is 11.8 Å². The molecule has 0 spiro atoms. The molecule has 5 aromatic rings. The lowest BCUT2D eigenvalue weighted by molar-refractivity contribution is 0.0745. The molecule has 250 valence electrons. The van der Waals surface area contributed by atoms with E-state index in [1.165, 1.54) is 24.5 Å². The molecule has 2 aromatic carbocycles. The second kappa shape index (κ2) is 12.7. The van der Waals surface area contributed by atoms with Crippen LogP contribution in [0, 0.1) is 30.5 Å². The summed E-state index contributed by atoms with van der Waals surface area (Å²) in [5.74, 6) is -1.22. The third kappa shape index (κ3) is 6.56. The van der Waals surface area contributed by atoms with Gasteiger partial charge in [0.1, 0.15) is 24.1 Å². The van der Waals surface area contributed by atoms with Crippen LogP contribution in [0.25, 0.3) is 17.2 Å². The number of pyridine rings is 1. The standard InChI is InChI=1S/C36H33F2N7O4/c1-21-30(32(38)45(43-21)34-39-14-7-15-40-34)33(46)44-18-26-27(19-44)31(26)49-29-17-24(16-28(41-29)23-10-12-25(37)13-11-23)36(2,3)42-35(47)48-20-22-8-5-4-6-9-22/h4-17,26-27,31H,18-20H2,1-3H3,(H,42,47)/t26-,27+,31?. The van der Waals surface area contributed by atoms with Crippen molar-refractivity contribution >= 4 is 12.0 Å². The van der Waals surface area contributed by atoms with Gasteiger partial charge in [-0.2, -0.15) is 14.2 Å². The van der Waals surface area contributed by atoms with Crippen LogP contribution < -0.4 is 10.1 Å². The number of aryl methyl sites for hydroxylation is 1. The first-order valence-corrected chi connectivity index (χ1v) is 15.8. The van der Waals surface area contributed by atoms with Crippen molar-refractivity contribution in [3.8, 4) is 23.1 Å². The molecule has 1 saturated heterocycles. The van der Waals surface area contributed by atoms with Crippen molar-refractivity contribution in [3.05, 3.63) is 119 Å². The van der Waals surface area contributed by atoms with Crippen LogP contribution in [-0.2, 0) is 16.9 Å². The van der Waals surface area contributed by atoms with Gasteiger partial charge in [0.15, 0.2) is 0 Å². The molecular weight excluding hydrogens is 632 g/mol. The number of benzene rings is 2. The fourth-order valence-electron chi connectivity index (χ4n) is 6.17. The first-order valence-electron chi connectivity index (χ1n) is 15.8. The minimum absolute atomic E-state index is 0.0265. The summed E-state index contributed by atoms with van der Waals surface area (Å²) in [6.07, 6.45) is 2.14. The molecule has 2 amide bonds. The lowest BCUT2D eigenvalue weighted by Crippen LogP contribution is -2.41. The molecular formula is C36H33F2N7O4. The maximum absolute atomic E-state index is 15.4. The van der Waals surface area contributed by atoms with E-state index in [1.807, 2.05) is 50.2 Å². The van der Waals surface area contributed by atoms with E-state index in [1.54, 1.807) is 36.1 Å². The van der Waals surface area contributed by atoms with Crippen molar-refractivity contribution in [2.45, 2.75) is 39.0 Å². The SMILES string of the molecule is Cc1nn(-c2ncccn2)c(F)c1C(=O)N1C[C@@H]2C(Oc3cc(C(C)(C)NC(=O)OCc4ccccc4)cc(-c4ccc(F)cc4)n3)[C@@H]2C1. The number of hydrogen-bond acceptors (Lipinski definition) is 8. The van der Waals surface area contributed by atoms with Gasteiger partial charge in [-0.25, -0.2) is 24.1 Å². The molecule has 49 heavy (non-hydrogen) atoms. The fraction of sp³-hybridized carbons (Fsp3) is 0.278. The number of halogens is 2. The number of rotatable bonds is 9. The van der Waals surface area contributed by atoms with Crippen molar-refractivity contribution < 1.29 is 27.8 Å². The van der Waals surface area contributed by atoms with Gasteiger partial charge in [0.2, 0.25) is 11.8 Å². The highest BCUT2D eigenvalue weighted by Gasteiger charge is 2.59. The lowest BCUT2D eigenvalue weighted by Gasteiger charge is -2.27. The van der Waals surface area contributed by atoms with Crippen LogP contribution in [0.15, 0.2) is 85.2 Å². The van der Waals surface area contributed by atoms with E-state index in [-0.39, 0.29) is 47.6 Å². The highest BCUT2D eigenvalue weighted by atomic mass is 19.1. The van der Waals surface area contributed by atoms with Crippen LogP contribution in [0.4, 0.5) is 13.6 Å². The number of alkyl carbamates (subject to hydrolysis) is 1. The summed E-state index contributed by atoms with van der Waals surface area (Å²) in [6.45, 7) is 6.14. The number of carbonyl (C=O) groups excluding carboxylic acids is 2. The predicted molar refractivity (Wildman–Crippen MR) is 174 cm³/mol. The van der Waals surface area contributed by atoms with Gasteiger partial charge in [0.25, 0.3) is 11.9 Å². The van der Waals surface area contributed by atoms with Crippen LogP contribution in [0.1, 0.15) is 41.0 Å². The molecule has 13 heteroatoms. The second-order valence-electron chi connectivity index (χ2n) is 12.7. The van der Waals surface area contributed by atoms with Crippen LogP contribution in [0.2, 0.25) is 0 Å². The zero-order valence-corrected chi connectivity index (χ0v) is 27.0. The van der Waals surface area contributed by atoms with Crippen LogP contribution >= 0.6 is 0 Å². The maximum atomic E-state index is 15.4. The van der Waals surface area contributed by atoms with E-state index in [2.05, 4.69) is 20.4 Å². The minimum Gasteiger partial charge on any atom is -0.474 e. The first-order chi connectivity index (χ1) is 23.6. The molecule has 7 rings (SSSR count). The molecule has 2 aliphatic rings. The van der Waals surface area contributed by atoms with E-state index in [0.29, 0.717) is 35.8 Å². The number of nitrogens with zero attached hydrogens (tertiary/aromatic N) is 6. The lowest BCUT2D eigenvalue weighted by atomic mass is 9.93. The molecule has 1 saturated carbocycles. The maximum Gasteiger partial charge on any atom is 0.408 e. The van der Waals surface area contributed by atoms with Gasteiger partial charge in [-0.1, -0.05) is 30.3 Å². The Hall–Kier alpha value is -5.72. The molecule has 11 nitrogen and oxygen atoms in total. The normalized spacial score (nSPS) is 18.1. The largest absolute Gasteiger partial charge is 0.474 e. The summed E-state index contributed by atoms with van der Waals surface area (Å²) in [4.78, 5) is 40.6. The number of aromatic nitrogens is 5. The number of ether oxygens (including phenoxy) is 2. The zero-order valence-electron chi connectivity index (χ0n) is 27.0. The predicted octanol–water partition coefficient (Wildman–Crippen LogP) is 5.62. The van der Waals surface area contributed by atoms with Crippen molar-refractivity contribution in [3.63, 3.8) is 0 Å². The third-order valence-corrected chi connectivity index (χ3v) is 8.91. The van der Waals surface area contributed by atoms with E-state index in [0.717, 1.165) is 10.2 Å². The summed E-state index contributed by atoms with van der Waals surface area (Å²) in [7, 11) is 0. The van der Waals surface area contributed by atoms with E-state index in [4.69, 9.17) is 14.5 Å². The number of nitrogens with one attached hydrogen (secondary N) is 1. The molecule has 0 bridgehead atoms. The zero-order chi connectivity index (χ0) is 34.3.